The molecule has 1 aromatic carbocycles. The Morgan fingerprint density at radius 1 is 1.26 bits per heavy atom. The fourth-order valence-corrected chi connectivity index (χ4v) is 4.02. The van der Waals surface area contributed by atoms with Crippen LogP contribution in [-0.2, 0) is 17.5 Å². The smallest absolute Gasteiger partial charge is 0.416 e. The minimum absolute atomic E-state index is 0.115. The number of hydrogen-bond acceptors (Lipinski definition) is 7. The summed E-state index contributed by atoms with van der Waals surface area (Å²) < 4.78 is 44.2. The van der Waals surface area contributed by atoms with Gasteiger partial charge in [-0.3, -0.25) is 19.8 Å². The van der Waals surface area contributed by atoms with E-state index in [0.29, 0.717) is 39.3 Å². The zero-order chi connectivity index (χ0) is 24.3. The van der Waals surface area contributed by atoms with E-state index in [1.54, 1.807) is 24.3 Å². The Hall–Kier alpha value is -3.91. The number of aromatic nitrogens is 2. The lowest BCUT2D eigenvalue weighted by Crippen LogP contribution is -2.19. The highest BCUT2D eigenvalue weighted by Crippen LogP contribution is 2.32. The number of carbonyl (C=O) groups is 1. The summed E-state index contributed by atoms with van der Waals surface area (Å²) in [5.41, 5.74) is 0.962. The van der Waals surface area contributed by atoms with Gasteiger partial charge in [0.1, 0.15) is 17.4 Å². The van der Waals surface area contributed by atoms with Gasteiger partial charge in [0.25, 0.3) is 5.91 Å². The summed E-state index contributed by atoms with van der Waals surface area (Å²) >= 11 is 1.07. The number of pyridine rings is 2. The lowest BCUT2D eigenvalue weighted by atomic mass is 10.1. The lowest BCUT2D eigenvalue weighted by molar-refractivity contribution is -0.137. The summed E-state index contributed by atoms with van der Waals surface area (Å²) in [6.45, 7) is 2.07. The first kappa shape index (κ1) is 23.3. The van der Waals surface area contributed by atoms with Gasteiger partial charge in [0.2, 0.25) is 0 Å². The van der Waals surface area contributed by atoms with Crippen molar-refractivity contribution in [3.63, 3.8) is 0 Å². The number of fused-ring (bicyclic) bond motifs is 1. The summed E-state index contributed by atoms with van der Waals surface area (Å²) in [6.07, 6.45) is -0.289. The monoisotopic (exact) mass is 483 g/mol. The normalized spacial score (nSPS) is 16.1. The molecule has 1 saturated heterocycles. The van der Waals surface area contributed by atoms with Crippen molar-refractivity contribution in [1.82, 2.24) is 15.3 Å². The SMILES string of the molecule is CCOc1c(C#N)cnc2ccc(C=C3SC(=NCc4cc(C(F)(F)F)ccn4)NC3=O)cc12. The number of nitrogens with one attached hydrogen (secondary N) is 1. The maximum atomic E-state index is 12.9. The number of amidine groups is 1. The van der Waals surface area contributed by atoms with Gasteiger partial charge in [0, 0.05) is 17.8 Å². The zero-order valence-corrected chi connectivity index (χ0v) is 18.5. The summed E-state index contributed by atoms with van der Waals surface area (Å²) in [5.74, 6) is 0.0457. The standard InChI is InChI=1S/C23H16F3N5O2S/c1-2-33-20-14(10-27)11-29-18-4-3-13(7-17(18)20)8-19-21(32)31-22(34-19)30-12-16-9-15(5-6-28-16)23(24,25)26/h3-9,11H,2,12H2,1H3,(H,30,31,32). The summed E-state index contributed by atoms with van der Waals surface area (Å²) in [7, 11) is 0. The first-order chi connectivity index (χ1) is 16.3. The van der Waals surface area contributed by atoms with E-state index in [2.05, 4.69) is 26.3 Å². The summed E-state index contributed by atoms with van der Waals surface area (Å²) in [5, 5.41) is 12.9. The number of benzene rings is 1. The molecule has 1 aliphatic heterocycles. The molecule has 0 atom stereocenters. The molecule has 3 aromatic rings. The fraction of sp³-hybridized carbons (Fsp3) is 0.174. The van der Waals surface area contributed by atoms with Gasteiger partial charge in [-0.05, 0) is 54.6 Å². The van der Waals surface area contributed by atoms with E-state index in [1.807, 2.05) is 6.92 Å². The third kappa shape index (κ3) is 5.02. The molecule has 1 amide bonds. The second-order valence-corrected chi connectivity index (χ2v) is 8.07. The van der Waals surface area contributed by atoms with Crippen LogP contribution in [0, 0.1) is 11.3 Å². The molecule has 1 N–H and O–H groups in total. The number of ether oxygens (including phenoxy) is 1. The molecular weight excluding hydrogens is 467 g/mol. The van der Waals surface area contributed by atoms with Gasteiger partial charge in [0.05, 0.1) is 34.8 Å². The minimum atomic E-state index is -4.47. The number of aliphatic imine (C=N–C) groups is 1. The van der Waals surface area contributed by atoms with Crippen LogP contribution < -0.4 is 10.1 Å². The first-order valence-corrected chi connectivity index (χ1v) is 10.8. The van der Waals surface area contributed by atoms with Crippen molar-refractivity contribution < 1.29 is 22.7 Å². The van der Waals surface area contributed by atoms with E-state index < -0.39 is 11.7 Å². The van der Waals surface area contributed by atoms with Crippen LogP contribution in [0.25, 0.3) is 17.0 Å². The van der Waals surface area contributed by atoms with Gasteiger partial charge < -0.3 is 10.1 Å². The molecule has 3 heterocycles. The highest BCUT2D eigenvalue weighted by atomic mass is 32.2. The third-order valence-corrected chi connectivity index (χ3v) is 5.68. The van der Waals surface area contributed by atoms with Gasteiger partial charge >= 0.3 is 6.18 Å². The van der Waals surface area contributed by atoms with Crippen LogP contribution in [0.1, 0.15) is 29.3 Å². The van der Waals surface area contributed by atoms with E-state index in [-0.39, 0.29) is 23.3 Å². The molecule has 172 valence electrons. The van der Waals surface area contributed by atoms with E-state index in [4.69, 9.17) is 4.74 Å². The number of alkyl halides is 3. The molecule has 0 saturated carbocycles. The fourth-order valence-electron chi connectivity index (χ4n) is 3.20. The quantitative estimate of drug-likeness (QED) is 0.529. The molecule has 4 rings (SSSR count). The van der Waals surface area contributed by atoms with Crippen LogP contribution in [0.3, 0.4) is 0 Å². The molecule has 11 heteroatoms. The second-order valence-electron chi connectivity index (χ2n) is 7.04. The van der Waals surface area contributed by atoms with Crippen LogP contribution in [0.15, 0.2) is 52.6 Å². The molecule has 34 heavy (non-hydrogen) atoms. The molecule has 1 fully saturated rings. The van der Waals surface area contributed by atoms with Crippen molar-refractivity contribution in [3.05, 3.63) is 70.0 Å². The van der Waals surface area contributed by atoms with Crippen molar-refractivity contribution in [2.75, 3.05) is 6.61 Å². The summed E-state index contributed by atoms with van der Waals surface area (Å²) in [6, 6.07) is 9.19. The second kappa shape index (κ2) is 9.52. The maximum absolute atomic E-state index is 12.9. The third-order valence-electron chi connectivity index (χ3n) is 4.73. The molecular formula is C23H16F3N5O2S. The Labute approximate surface area is 196 Å². The van der Waals surface area contributed by atoms with Gasteiger partial charge in [-0.1, -0.05) is 6.07 Å². The highest BCUT2D eigenvalue weighted by Gasteiger charge is 2.30. The number of nitriles is 1. The predicted octanol–water partition coefficient (Wildman–Crippen LogP) is 4.68. The van der Waals surface area contributed by atoms with Crippen molar-refractivity contribution in [2.24, 2.45) is 4.99 Å². The van der Waals surface area contributed by atoms with E-state index in [9.17, 15) is 23.2 Å². The van der Waals surface area contributed by atoms with E-state index >= 15 is 0 Å². The molecule has 0 bridgehead atoms. The molecule has 0 aliphatic carbocycles. The number of amides is 1. The van der Waals surface area contributed by atoms with Gasteiger partial charge in [-0.25, -0.2) is 0 Å². The number of carbonyl (C=O) groups excluding carboxylic acids is 1. The van der Waals surface area contributed by atoms with Gasteiger partial charge in [-0.15, -0.1) is 0 Å². The Kier molecular flexibility index (Phi) is 6.51. The predicted molar refractivity (Wildman–Crippen MR) is 122 cm³/mol. The Morgan fingerprint density at radius 2 is 2.09 bits per heavy atom. The lowest BCUT2D eigenvalue weighted by Gasteiger charge is -2.09. The average molecular weight is 483 g/mol. The number of hydrogen-bond donors (Lipinski definition) is 1. The Morgan fingerprint density at radius 3 is 2.82 bits per heavy atom. The van der Waals surface area contributed by atoms with Crippen LogP contribution in [0.2, 0.25) is 0 Å². The van der Waals surface area contributed by atoms with Gasteiger partial charge in [0.15, 0.2) is 5.17 Å². The van der Waals surface area contributed by atoms with Crippen molar-refractivity contribution in [2.45, 2.75) is 19.6 Å². The van der Waals surface area contributed by atoms with Crippen molar-refractivity contribution >= 4 is 39.8 Å². The number of rotatable bonds is 5. The van der Waals surface area contributed by atoms with E-state index in [0.717, 1.165) is 30.1 Å². The minimum Gasteiger partial charge on any atom is -0.492 e. The molecule has 0 unspecified atom stereocenters. The molecule has 1 aliphatic rings. The number of thioether (sulfide) groups is 1. The van der Waals surface area contributed by atoms with Gasteiger partial charge in [-0.2, -0.15) is 18.4 Å². The maximum Gasteiger partial charge on any atom is 0.416 e. The van der Waals surface area contributed by atoms with E-state index in [1.165, 1.54) is 6.20 Å². The topological polar surface area (TPSA) is 100 Å². The first-order valence-electron chi connectivity index (χ1n) is 10.0. The zero-order valence-electron chi connectivity index (χ0n) is 17.7. The van der Waals surface area contributed by atoms with Crippen LogP contribution >= 0.6 is 11.8 Å². The largest absolute Gasteiger partial charge is 0.492 e. The average Bonchev–Trinajstić information content (AvgIpc) is 3.16. The molecule has 0 spiro atoms. The highest BCUT2D eigenvalue weighted by molar-refractivity contribution is 8.18. The van der Waals surface area contributed by atoms with Crippen molar-refractivity contribution in [3.8, 4) is 11.8 Å². The van der Waals surface area contributed by atoms with Crippen LogP contribution in [0.4, 0.5) is 13.2 Å². The summed E-state index contributed by atoms with van der Waals surface area (Å²) in [4.78, 5) is 25.1. The Balaban J connectivity index is 1.57. The van der Waals surface area contributed by atoms with Crippen LogP contribution in [0.5, 0.6) is 5.75 Å². The molecule has 7 nitrogen and oxygen atoms in total. The Bertz CT molecular complexity index is 1380. The van der Waals surface area contributed by atoms with Crippen LogP contribution in [-0.4, -0.2) is 27.6 Å². The number of nitrogens with zero attached hydrogens (tertiary/aromatic N) is 4. The molecule has 0 radical (unpaired) electrons. The van der Waals surface area contributed by atoms with Crippen molar-refractivity contribution in [1.29, 1.82) is 5.26 Å². The molecule has 2 aromatic heterocycles. The number of halogens is 3.